The Kier molecular flexibility index (Phi) is 0.820. The van der Waals surface area contributed by atoms with Crippen LogP contribution in [0.25, 0.3) is 0 Å². The lowest BCUT2D eigenvalue weighted by atomic mass is 10.6. The first-order valence-corrected chi connectivity index (χ1v) is 2.18. The molecule has 1 saturated heterocycles. The minimum atomic E-state index is -0.299. The molecule has 0 N–H and O–H groups in total. The fraction of sp³-hybridized carbons (Fsp3) is 0.250. The molecule has 38 valence electrons. The zero-order valence-electron chi connectivity index (χ0n) is 3.69. The first-order chi connectivity index (χ1) is 3.22. The molecule has 7 heavy (non-hydrogen) atoms. The molecule has 1 aliphatic rings. The van der Waals surface area contributed by atoms with Crippen molar-refractivity contribution in [3.05, 3.63) is 10.8 Å². The molecule has 2 nitrogen and oxygen atoms in total. The van der Waals surface area contributed by atoms with Gasteiger partial charge in [0, 0.05) is 0 Å². The standard InChI is InChI=1S/C4H3ClO2/c1-2(5)3-4(6)7-3/h1H3. The number of epoxide rings is 1. The van der Waals surface area contributed by atoms with E-state index in [-0.39, 0.29) is 5.97 Å². The lowest BCUT2D eigenvalue weighted by Gasteiger charge is -1.66. The van der Waals surface area contributed by atoms with E-state index in [1.807, 2.05) is 0 Å². The number of rotatable bonds is 0. The van der Waals surface area contributed by atoms with Crippen LogP contribution in [0.15, 0.2) is 10.8 Å². The summed E-state index contributed by atoms with van der Waals surface area (Å²) in [5, 5.41) is 0.435. The van der Waals surface area contributed by atoms with E-state index in [2.05, 4.69) is 4.74 Å². The highest BCUT2D eigenvalue weighted by Crippen LogP contribution is 2.23. The topological polar surface area (TPSA) is 29.6 Å². The summed E-state index contributed by atoms with van der Waals surface area (Å²) in [6.45, 7) is 1.61. The summed E-state index contributed by atoms with van der Waals surface area (Å²) in [4.78, 5) is 9.96. The molecule has 1 rings (SSSR count). The summed E-state index contributed by atoms with van der Waals surface area (Å²) in [6, 6.07) is 0. The zero-order valence-corrected chi connectivity index (χ0v) is 4.45. The number of carbonyl (C=O) groups is 1. The molecule has 0 saturated carbocycles. The molecule has 0 aromatic carbocycles. The van der Waals surface area contributed by atoms with E-state index in [0.717, 1.165) is 0 Å². The van der Waals surface area contributed by atoms with Crippen LogP contribution in [0.3, 0.4) is 0 Å². The van der Waals surface area contributed by atoms with Crippen molar-refractivity contribution in [2.45, 2.75) is 6.92 Å². The number of cyclic esters (lactones) is 1. The summed E-state index contributed by atoms with van der Waals surface area (Å²) < 4.78 is 4.29. The second kappa shape index (κ2) is 1.23. The Labute approximate surface area is 45.7 Å². The van der Waals surface area contributed by atoms with Crippen molar-refractivity contribution in [1.82, 2.24) is 0 Å². The van der Waals surface area contributed by atoms with Gasteiger partial charge in [0.15, 0.2) is 0 Å². The molecule has 1 fully saturated rings. The predicted molar refractivity (Wildman–Crippen MR) is 24.6 cm³/mol. The van der Waals surface area contributed by atoms with Crippen LogP contribution in [0.2, 0.25) is 0 Å². The summed E-state index contributed by atoms with van der Waals surface area (Å²) in [7, 11) is 0. The molecule has 0 bridgehead atoms. The van der Waals surface area contributed by atoms with Gasteiger partial charge >= 0.3 is 5.97 Å². The molecule has 0 unspecified atom stereocenters. The number of carbonyl (C=O) groups excluding carboxylic acids is 1. The molecule has 0 aromatic rings. The van der Waals surface area contributed by atoms with Gasteiger partial charge in [-0.3, -0.25) is 0 Å². The molecule has 0 aromatic heterocycles. The Morgan fingerprint density at radius 1 is 1.86 bits per heavy atom. The van der Waals surface area contributed by atoms with Crippen molar-refractivity contribution in [1.29, 1.82) is 0 Å². The first-order valence-electron chi connectivity index (χ1n) is 1.80. The normalized spacial score (nSPS) is 24.0. The Hall–Kier alpha value is -0.500. The zero-order chi connectivity index (χ0) is 5.44. The minimum Gasteiger partial charge on any atom is -0.412 e. The Bertz CT molecular complexity index is 144. The molecule has 0 radical (unpaired) electrons. The average molecular weight is 119 g/mol. The molecule has 3 heteroatoms. The third-order valence-corrected chi connectivity index (χ3v) is 0.823. The van der Waals surface area contributed by atoms with Crippen molar-refractivity contribution in [3.63, 3.8) is 0 Å². The Balaban J connectivity index is 2.78. The highest BCUT2D eigenvalue weighted by molar-refractivity contribution is 6.32. The summed E-state index contributed by atoms with van der Waals surface area (Å²) in [5.74, 6) is 0.00849. The molecule has 0 amide bonds. The lowest BCUT2D eigenvalue weighted by Crippen LogP contribution is -1.58. The fourth-order valence-electron chi connectivity index (χ4n) is 0.278. The van der Waals surface area contributed by atoms with Gasteiger partial charge in [0.2, 0.25) is 5.76 Å². The van der Waals surface area contributed by atoms with Gasteiger partial charge in [-0.25, -0.2) is 4.79 Å². The van der Waals surface area contributed by atoms with Gasteiger partial charge < -0.3 is 4.74 Å². The number of hydrogen-bond acceptors (Lipinski definition) is 2. The van der Waals surface area contributed by atoms with Gasteiger partial charge in [-0.2, -0.15) is 0 Å². The van der Waals surface area contributed by atoms with E-state index in [1.165, 1.54) is 0 Å². The van der Waals surface area contributed by atoms with E-state index in [4.69, 9.17) is 11.6 Å². The summed E-state index contributed by atoms with van der Waals surface area (Å²) in [5.41, 5.74) is 0. The van der Waals surface area contributed by atoms with Crippen LogP contribution in [0.1, 0.15) is 6.92 Å². The third-order valence-electron chi connectivity index (χ3n) is 0.651. The van der Waals surface area contributed by atoms with Gasteiger partial charge in [-0.1, -0.05) is 11.6 Å². The Morgan fingerprint density at radius 3 is 2.29 bits per heavy atom. The van der Waals surface area contributed by atoms with Crippen LogP contribution in [0, 0.1) is 0 Å². The lowest BCUT2D eigenvalue weighted by molar-refractivity contribution is -0.117. The third kappa shape index (κ3) is 0.747. The maximum atomic E-state index is 9.96. The van der Waals surface area contributed by atoms with Gasteiger partial charge in [0.25, 0.3) is 0 Å². The quantitative estimate of drug-likeness (QED) is 0.351. The Morgan fingerprint density at radius 2 is 2.29 bits per heavy atom. The SMILES string of the molecule is CC(Cl)=C1OC1=O. The number of halogens is 1. The molecule has 0 aliphatic carbocycles. The number of hydrogen-bond donors (Lipinski definition) is 0. The van der Waals surface area contributed by atoms with Gasteiger partial charge in [-0.15, -0.1) is 0 Å². The van der Waals surface area contributed by atoms with Crippen LogP contribution in [-0.2, 0) is 9.53 Å². The van der Waals surface area contributed by atoms with Crippen LogP contribution >= 0.6 is 11.6 Å². The van der Waals surface area contributed by atoms with E-state index in [1.54, 1.807) is 6.92 Å². The second-order valence-electron chi connectivity index (χ2n) is 1.25. The largest absolute Gasteiger partial charge is 0.412 e. The summed E-state index contributed by atoms with van der Waals surface area (Å²) >= 11 is 5.30. The van der Waals surface area contributed by atoms with Crippen molar-refractivity contribution in [2.75, 3.05) is 0 Å². The van der Waals surface area contributed by atoms with Crippen LogP contribution in [0.4, 0.5) is 0 Å². The molecule has 0 spiro atoms. The van der Waals surface area contributed by atoms with E-state index < -0.39 is 0 Å². The van der Waals surface area contributed by atoms with Crippen LogP contribution < -0.4 is 0 Å². The van der Waals surface area contributed by atoms with Crippen molar-refractivity contribution < 1.29 is 9.53 Å². The highest BCUT2D eigenvalue weighted by atomic mass is 35.5. The highest BCUT2D eigenvalue weighted by Gasteiger charge is 2.32. The second-order valence-corrected chi connectivity index (χ2v) is 1.82. The van der Waals surface area contributed by atoms with Gasteiger partial charge in [0.1, 0.15) is 0 Å². The van der Waals surface area contributed by atoms with Gasteiger partial charge in [-0.05, 0) is 6.92 Å². The maximum Gasteiger partial charge on any atom is 0.381 e. The number of allylic oxidation sites excluding steroid dienone is 1. The molecular weight excluding hydrogens is 115 g/mol. The predicted octanol–water partition coefficient (Wildman–Crippen LogP) is 1.01. The minimum absolute atomic E-state index is 0.299. The van der Waals surface area contributed by atoms with Crippen molar-refractivity contribution >= 4 is 17.6 Å². The average Bonchev–Trinajstić information content (AvgIpc) is 2.17. The first kappa shape index (κ1) is 4.65. The maximum absolute atomic E-state index is 9.96. The molecular formula is C4H3ClO2. The van der Waals surface area contributed by atoms with Crippen molar-refractivity contribution in [3.8, 4) is 0 Å². The number of ether oxygens (including phenoxy) is 1. The summed E-state index contributed by atoms with van der Waals surface area (Å²) in [6.07, 6.45) is 0. The fourth-order valence-corrected chi connectivity index (χ4v) is 0.394. The van der Waals surface area contributed by atoms with Crippen LogP contribution in [-0.4, -0.2) is 5.97 Å². The van der Waals surface area contributed by atoms with Crippen LogP contribution in [0.5, 0.6) is 0 Å². The van der Waals surface area contributed by atoms with Gasteiger partial charge in [0.05, 0.1) is 5.03 Å². The van der Waals surface area contributed by atoms with Crippen molar-refractivity contribution in [2.24, 2.45) is 0 Å². The van der Waals surface area contributed by atoms with E-state index in [9.17, 15) is 4.79 Å². The smallest absolute Gasteiger partial charge is 0.381 e. The molecule has 1 aliphatic heterocycles. The van der Waals surface area contributed by atoms with E-state index in [0.29, 0.717) is 10.8 Å². The molecule has 0 atom stereocenters. The monoisotopic (exact) mass is 118 g/mol. The van der Waals surface area contributed by atoms with E-state index >= 15 is 0 Å². The molecule has 1 heterocycles.